The molecule has 3 rings (SSSR count). The molecule has 2 N–H and O–H groups in total. The summed E-state index contributed by atoms with van der Waals surface area (Å²) in [5, 5.41) is 12.9. The first-order valence-electron chi connectivity index (χ1n) is 8.42. The fourth-order valence-electron chi connectivity index (χ4n) is 3.61. The summed E-state index contributed by atoms with van der Waals surface area (Å²) < 4.78 is 27.6. The van der Waals surface area contributed by atoms with Crippen LogP contribution in [0.5, 0.6) is 0 Å². The highest BCUT2D eigenvalue weighted by Crippen LogP contribution is 2.47. The van der Waals surface area contributed by atoms with Crippen LogP contribution in [0.2, 0.25) is 0 Å². The summed E-state index contributed by atoms with van der Waals surface area (Å²) in [7, 11) is 0. The molecule has 1 heterocycles. The van der Waals surface area contributed by atoms with Gasteiger partial charge in [0.25, 0.3) is 0 Å². The van der Waals surface area contributed by atoms with Gasteiger partial charge in [-0.2, -0.15) is 0 Å². The predicted molar refractivity (Wildman–Crippen MR) is 86.4 cm³/mol. The lowest BCUT2D eigenvalue weighted by Crippen LogP contribution is -2.47. The van der Waals surface area contributed by atoms with Gasteiger partial charge in [-0.25, -0.2) is 13.6 Å². The monoisotopic (exact) mass is 338 g/mol. The van der Waals surface area contributed by atoms with E-state index in [0.717, 1.165) is 12.1 Å². The minimum atomic E-state index is -0.807. The lowest BCUT2D eigenvalue weighted by atomic mass is 9.87. The third-order valence-electron chi connectivity index (χ3n) is 4.97. The molecule has 0 unspecified atom stereocenters. The summed E-state index contributed by atoms with van der Waals surface area (Å²) in [4.78, 5) is 14.4. The van der Waals surface area contributed by atoms with Gasteiger partial charge < -0.3 is 15.3 Å². The van der Waals surface area contributed by atoms with E-state index in [9.17, 15) is 18.7 Å². The van der Waals surface area contributed by atoms with Gasteiger partial charge in [-0.3, -0.25) is 0 Å². The van der Waals surface area contributed by atoms with Crippen LogP contribution in [0.25, 0.3) is 0 Å². The van der Waals surface area contributed by atoms with Gasteiger partial charge in [0.05, 0.1) is 11.6 Å². The number of hydrogen-bond acceptors (Lipinski definition) is 2. The Hall–Kier alpha value is -1.69. The minimum Gasteiger partial charge on any atom is -0.393 e. The Kier molecular flexibility index (Phi) is 4.28. The predicted octanol–water partition coefficient (Wildman–Crippen LogP) is 3.15. The van der Waals surface area contributed by atoms with Crippen molar-refractivity contribution in [2.75, 3.05) is 13.1 Å². The second kappa shape index (κ2) is 5.99. The Morgan fingerprint density at radius 3 is 2.71 bits per heavy atom. The van der Waals surface area contributed by atoms with Crippen molar-refractivity contribution in [3.63, 3.8) is 0 Å². The number of carbonyl (C=O) groups excluding carboxylic acids is 1. The highest BCUT2D eigenvalue weighted by molar-refractivity contribution is 5.76. The molecule has 1 saturated heterocycles. The van der Waals surface area contributed by atoms with Gasteiger partial charge in [-0.05, 0) is 49.3 Å². The molecule has 1 aliphatic heterocycles. The maximum Gasteiger partial charge on any atom is 0.318 e. The zero-order valence-corrected chi connectivity index (χ0v) is 14.1. The Bertz CT molecular complexity index is 644. The zero-order chi connectivity index (χ0) is 17.5. The van der Waals surface area contributed by atoms with Gasteiger partial charge in [0.2, 0.25) is 0 Å². The number of rotatable bonds is 2. The molecule has 1 aliphatic carbocycles. The summed E-state index contributed by atoms with van der Waals surface area (Å²) in [6.07, 6.45) is 1.93. The normalized spacial score (nSPS) is 25.0. The molecule has 0 aromatic heterocycles. The number of benzene rings is 1. The number of nitrogens with one attached hydrogen (secondary N) is 1. The van der Waals surface area contributed by atoms with E-state index >= 15 is 0 Å². The molecule has 1 aromatic carbocycles. The second-order valence-corrected chi connectivity index (χ2v) is 7.87. The number of amides is 2. The zero-order valence-electron chi connectivity index (χ0n) is 14.1. The highest BCUT2D eigenvalue weighted by atomic mass is 19.1. The first-order valence-corrected chi connectivity index (χ1v) is 8.42. The van der Waals surface area contributed by atoms with Crippen molar-refractivity contribution in [3.8, 4) is 0 Å². The van der Waals surface area contributed by atoms with Gasteiger partial charge in [-0.1, -0.05) is 13.8 Å². The molecule has 6 heteroatoms. The second-order valence-electron chi connectivity index (χ2n) is 7.87. The highest BCUT2D eigenvalue weighted by Gasteiger charge is 2.48. The summed E-state index contributed by atoms with van der Waals surface area (Å²) >= 11 is 0. The summed E-state index contributed by atoms with van der Waals surface area (Å²) in [6, 6.07) is 3.06. The number of carbonyl (C=O) groups is 1. The molecular weight excluding hydrogens is 314 g/mol. The average Bonchev–Trinajstić information content (AvgIpc) is 3.26. The van der Waals surface area contributed by atoms with Crippen LogP contribution in [-0.2, 0) is 5.54 Å². The molecule has 0 spiro atoms. The van der Waals surface area contributed by atoms with E-state index in [1.807, 2.05) is 13.8 Å². The molecule has 4 nitrogen and oxygen atoms in total. The fourth-order valence-corrected chi connectivity index (χ4v) is 3.61. The van der Waals surface area contributed by atoms with Crippen molar-refractivity contribution < 1.29 is 18.7 Å². The van der Waals surface area contributed by atoms with E-state index in [0.29, 0.717) is 38.8 Å². The molecule has 132 valence electrons. The maximum atomic E-state index is 14.1. The van der Waals surface area contributed by atoms with Gasteiger partial charge in [0.1, 0.15) is 11.6 Å². The first kappa shape index (κ1) is 17.1. The van der Waals surface area contributed by atoms with Gasteiger partial charge in [0, 0.05) is 18.7 Å². The maximum absolute atomic E-state index is 14.1. The van der Waals surface area contributed by atoms with Crippen molar-refractivity contribution >= 4 is 6.03 Å². The fraction of sp³-hybridized carbons (Fsp3) is 0.611. The minimum absolute atomic E-state index is 0.186. The van der Waals surface area contributed by atoms with E-state index in [1.165, 1.54) is 6.07 Å². The van der Waals surface area contributed by atoms with Crippen molar-refractivity contribution in [3.05, 3.63) is 35.4 Å². The van der Waals surface area contributed by atoms with E-state index in [4.69, 9.17) is 0 Å². The van der Waals surface area contributed by atoms with E-state index in [1.54, 1.807) is 4.90 Å². The number of urea groups is 1. The van der Waals surface area contributed by atoms with Crippen LogP contribution in [0, 0.1) is 17.0 Å². The molecule has 1 saturated carbocycles. The number of hydrogen-bond donors (Lipinski definition) is 2. The Morgan fingerprint density at radius 2 is 2.04 bits per heavy atom. The van der Waals surface area contributed by atoms with Crippen molar-refractivity contribution in [2.45, 2.75) is 51.2 Å². The summed E-state index contributed by atoms with van der Waals surface area (Å²) in [5.41, 5.74) is -0.781. The molecule has 2 aliphatic rings. The third kappa shape index (κ3) is 3.53. The van der Waals surface area contributed by atoms with E-state index in [2.05, 4.69) is 5.32 Å². The van der Waals surface area contributed by atoms with Crippen LogP contribution in [0.15, 0.2) is 18.2 Å². The summed E-state index contributed by atoms with van der Waals surface area (Å²) in [5.74, 6) is -1.01. The molecule has 1 atom stereocenters. The van der Waals surface area contributed by atoms with Crippen LogP contribution >= 0.6 is 0 Å². The number of aliphatic hydroxyl groups excluding tert-OH is 1. The Morgan fingerprint density at radius 1 is 1.33 bits per heavy atom. The molecule has 2 amide bonds. The Balaban J connectivity index is 1.75. The lowest BCUT2D eigenvalue weighted by Gasteiger charge is -2.31. The van der Waals surface area contributed by atoms with Crippen LogP contribution in [0.3, 0.4) is 0 Å². The van der Waals surface area contributed by atoms with E-state index < -0.39 is 23.3 Å². The average molecular weight is 338 g/mol. The van der Waals surface area contributed by atoms with E-state index in [-0.39, 0.29) is 17.0 Å². The van der Waals surface area contributed by atoms with Gasteiger partial charge in [0.15, 0.2) is 0 Å². The number of nitrogens with zero attached hydrogens (tertiary/aromatic N) is 1. The molecular formula is C18H24F2N2O2. The number of halogens is 2. The standard InChI is InChI=1S/C18H24F2N2O2/c1-17(2)10-13(23)5-8-22(11-17)16(24)21-18(6-7-18)14-9-12(19)3-4-15(14)20/h3-4,9,13,23H,5-8,10-11H2,1-2H3,(H,21,24)/t13-/m0/s1. The quantitative estimate of drug-likeness (QED) is 0.870. The van der Waals surface area contributed by atoms with Crippen LogP contribution in [0.1, 0.15) is 45.1 Å². The molecule has 0 bridgehead atoms. The van der Waals surface area contributed by atoms with Crippen molar-refractivity contribution in [1.82, 2.24) is 10.2 Å². The van der Waals surface area contributed by atoms with Crippen molar-refractivity contribution in [1.29, 1.82) is 0 Å². The number of aliphatic hydroxyl groups is 1. The largest absolute Gasteiger partial charge is 0.393 e. The lowest BCUT2D eigenvalue weighted by molar-refractivity contribution is 0.121. The van der Waals surface area contributed by atoms with Gasteiger partial charge >= 0.3 is 6.03 Å². The van der Waals surface area contributed by atoms with Crippen LogP contribution in [0.4, 0.5) is 13.6 Å². The molecule has 1 aromatic rings. The molecule has 0 radical (unpaired) electrons. The van der Waals surface area contributed by atoms with Crippen LogP contribution < -0.4 is 5.32 Å². The summed E-state index contributed by atoms with van der Waals surface area (Å²) in [6.45, 7) is 5.01. The van der Waals surface area contributed by atoms with Crippen molar-refractivity contribution in [2.24, 2.45) is 5.41 Å². The Labute approximate surface area is 140 Å². The molecule has 2 fully saturated rings. The first-order chi connectivity index (χ1) is 11.2. The van der Waals surface area contributed by atoms with Crippen LogP contribution in [-0.4, -0.2) is 35.2 Å². The third-order valence-corrected chi connectivity index (χ3v) is 4.97. The van der Waals surface area contributed by atoms with Gasteiger partial charge in [-0.15, -0.1) is 0 Å². The molecule has 24 heavy (non-hydrogen) atoms. The topological polar surface area (TPSA) is 52.6 Å². The SMILES string of the molecule is CC1(C)C[C@@H](O)CCN(C(=O)NC2(c3cc(F)ccc3F)CC2)C1. The number of likely N-dealkylation sites (tertiary alicyclic amines) is 1. The smallest absolute Gasteiger partial charge is 0.318 e.